The van der Waals surface area contributed by atoms with Crippen LogP contribution in [0, 0.1) is 16.0 Å². The average Bonchev–Trinajstić information content (AvgIpc) is 2.70. The minimum atomic E-state index is -0.521. The number of amides is 1. The molecular formula is C11H13N3O3S. The molecule has 2 N–H and O–H groups in total. The van der Waals surface area contributed by atoms with Crippen LogP contribution in [0.15, 0.2) is 18.2 Å². The van der Waals surface area contributed by atoms with Gasteiger partial charge in [-0.2, -0.15) is 12.6 Å². The van der Waals surface area contributed by atoms with Crippen molar-refractivity contribution >= 4 is 35.6 Å². The van der Waals surface area contributed by atoms with Gasteiger partial charge in [-0.1, -0.05) is 0 Å². The van der Waals surface area contributed by atoms with Crippen LogP contribution in [0.5, 0.6) is 0 Å². The van der Waals surface area contributed by atoms with Gasteiger partial charge in [0, 0.05) is 24.7 Å². The molecule has 1 heterocycles. The second-order valence-electron chi connectivity index (χ2n) is 4.26. The zero-order valence-electron chi connectivity index (χ0n) is 9.57. The first kappa shape index (κ1) is 12.7. The summed E-state index contributed by atoms with van der Waals surface area (Å²) in [5.74, 6) is 0.616. The number of hydrogen-bond acceptors (Lipinski definition) is 5. The number of nitrogen functional groups attached to an aromatic ring is 1. The summed E-state index contributed by atoms with van der Waals surface area (Å²) in [7, 11) is 0. The molecule has 1 amide bonds. The predicted octanol–water partition coefficient (Wildman–Crippen LogP) is 1.46. The molecule has 1 aromatic carbocycles. The summed E-state index contributed by atoms with van der Waals surface area (Å²) in [4.78, 5) is 23.7. The van der Waals surface area contributed by atoms with Crippen molar-refractivity contribution in [3.8, 4) is 0 Å². The Morgan fingerprint density at radius 3 is 2.83 bits per heavy atom. The maximum absolute atomic E-state index is 11.8. The molecule has 0 aliphatic carbocycles. The van der Waals surface area contributed by atoms with Gasteiger partial charge in [0.2, 0.25) is 5.91 Å². The van der Waals surface area contributed by atoms with E-state index in [4.69, 9.17) is 5.73 Å². The van der Waals surface area contributed by atoms with E-state index in [0.717, 1.165) is 0 Å². The topological polar surface area (TPSA) is 89.5 Å². The quantitative estimate of drug-likeness (QED) is 0.375. The van der Waals surface area contributed by atoms with Crippen molar-refractivity contribution in [2.24, 2.45) is 5.92 Å². The molecule has 0 saturated carbocycles. The van der Waals surface area contributed by atoms with Crippen molar-refractivity contribution in [1.82, 2.24) is 0 Å². The van der Waals surface area contributed by atoms with Crippen molar-refractivity contribution in [1.29, 1.82) is 0 Å². The Hall–Kier alpha value is -1.76. The predicted molar refractivity (Wildman–Crippen MR) is 71.8 cm³/mol. The Balaban J connectivity index is 2.39. The van der Waals surface area contributed by atoms with Crippen LogP contribution in [0.3, 0.4) is 0 Å². The van der Waals surface area contributed by atoms with Crippen LogP contribution >= 0.6 is 12.6 Å². The molecular weight excluding hydrogens is 254 g/mol. The summed E-state index contributed by atoms with van der Waals surface area (Å²) in [6.45, 7) is 0.465. The molecule has 1 fully saturated rings. The Kier molecular flexibility index (Phi) is 3.42. The van der Waals surface area contributed by atoms with E-state index in [1.165, 1.54) is 17.0 Å². The minimum absolute atomic E-state index is 0.109. The fourth-order valence-corrected chi connectivity index (χ4v) is 2.30. The Morgan fingerprint density at radius 2 is 2.28 bits per heavy atom. The van der Waals surface area contributed by atoms with Gasteiger partial charge in [0.05, 0.1) is 4.92 Å². The lowest BCUT2D eigenvalue weighted by Crippen LogP contribution is -2.25. The molecule has 6 nitrogen and oxygen atoms in total. The fourth-order valence-electron chi connectivity index (χ4n) is 2.05. The fraction of sp³-hybridized carbons (Fsp3) is 0.364. The zero-order chi connectivity index (χ0) is 13.3. The summed E-state index contributed by atoms with van der Waals surface area (Å²) in [6.07, 6.45) is 0.380. The average molecular weight is 267 g/mol. The minimum Gasteiger partial charge on any atom is -0.399 e. The van der Waals surface area contributed by atoms with E-state index >= 15 is 0 Å². The van der Waals surface area contributed by atoms with E-state index < -0.39 is 4.92 Å². The first-order valence-corrected chi connectivity index (χ1v) is 6.11. The number of anilines is 2. The van der Waals surface area contributed by atoms with Crippen LogP contribution in [-0.4, -0.2) is 23.1 Å². The first-order valence-electron chi connectivity index (χ1n) is 5.48. The van der Waals surface area contributed by atoms with Gasteiger partial charge in [-0.15, -0.1) is 0 Å². The third-order valence-electron chi connectivity index (χ3n) is 2.95. The number of thiol groups is 1. The lowest BCUT2D eigenvalue weighted by molar-refractivity contribution is -0.384. The number of nitro groups is 1. The lowest BCUT2D eigenvalue weighted by atomic mass is 10.1. The molecule has 1 aromatic rings. The first-order chi connectivity index (χ1) is 8.52. The number of rotatable bonds is 3. The molecule has 0 bridgehead atoms. The third kappa shape index (κ3) is 2.26. The number of carbonyl (C=O) groups excluding carboxylic acids is 1. The summed E-state index contributed by atoms with van der Waals surface area (Å²) in [6, 6.07) is 4.35. The molecule has 2 rings (SSSR count). The van der Waals surface area contributed by atoms with E-state index in [1.807, 2.05) is 0 Å². The second kappa shape index (κ2) is 4.85. The molecule has 18 heavy (non-hydrogen) atoms. The number of hydrogen-bond donors (Lipinski definition) is 2. The molecule has 0 radical (unpaired) electrons. The van der Waals surface area contributed by atoms with Crippen LogP contribution in [-0.2, 0) is 4.79 Å². The van der Waals surface area contributed by atoms with Crippen molar-refractivity contribution in [3.63, 3.8) is 0 Å². The van der Waals surface area contributed by atoms with Crippen molar-refractivity contribution in [2.75, 3.05) is 22.9 Å². The van der Waals surface area contributed by atoms with Gasteiger partial charge in [-0.25, -0.2) is 0 Å². The molecule has 96 valence electrons. The van der Waals surface area contributed by atoms with E-state index in [-0.39, 0.29) is 17.5 Å². The highest BCUT2D eigenvalue weighted by molar-refractivity contribution is 7.80. The third-order valence-corrected chi connectivity index (χ3v) is 3.47. The Bertz CT molecular complexity index is 506. The number of nitrogens with two attached hydrogens (primary N) is 1. The highest BCUT2D eigenvalue weighted by Crippen LogP contribution is 2.34. The van der Waals surface area contributed by atoms with Gasteiger partial charge >= 0.3 is 0 Å². The molecule has 0 spiro atoms. The van der Waals surface area contributed by atoms with Gasteiger partial charge < -0.3 is 10.6 Å². The summed E-state index contributed by atoms with van der Waals surface area (Å²) in [5.41, 5.74) is 6.01. The Labute approximate surface area is 109 Å². The summed E-state index contributed by atoms with van der Waals surface area (Å²) >= 11 is 4.16. The van der Waals surface area contributed by atoms with Crippen molar-refractivity contribution < 1.29 is 9.72 Å². The molecule has 7 heteroatoms. The van der Waals surface area contributed by atoms with Crippen LogP contribution in [0.25, 0.3) is 0 Å². The van der Waals surface area contributed by atoms with Gasteiger partial charge in [0.25, 0.3) is 5.69 Å². The molecule has 0 aromatic heterocycles. The van der Waals surface area contributed by atoms with Crippen LogP contribution in [0.2, 0.25) is 0 Å². The molecule has 1 unspecified atom stereocenters. The van der Waals surface area contributed by atoms with E-state index in [1.54, 1.807) is 6.07 Å². The van der Waals surface area contributed by atoms with Crippen LogP contribution < -0.4 is 10.6 Å². The SMILES string of the molecule is Nc1ccc(N2CC(CS)CC2=O)c([N+](=O)[O-])c1. The molecule has 1 aliphatic heterocycles. The molecule has 1 atom stereocenters. The summed E-state index contributed by atoms with van der Waals surface area (Å²) < 4.78 is 0. The second-order valence-corrected chi connectivity index (χ2v) is 4.63. The zero-order valence-corrected chi connectivity index (χ0v) is 10.5. The van der Waals surface area contributed by atoms with Crippen molar-refractivity contribution in [3.05, 3.63) is 28.3 Å². The summed E-state index contributed by atoms with van der Waals surface area (Å²) in [5, 5.41) is 11.0. The normalized spacial score (nSPS) is 19.3. The molecule has 1 saturated heterocycles. The van der Waals surface area contributed by atoms with Gasteiger partial charge in [-0.3, -0.25) is 14.9 Å². The number of nitro benzene ring substituents is 1. The van der Waals surface area contributed by atoms with Gasteiger partial charge in [0.15, 0.2) is 0 Å². The van der Waals surface area contributed by atoms with Gasteiger partial charge in [-0.05, 0) is 23.8 Å². The number of nitrogens with zero attached hydrogens (tertiary/aromatic N) is 2. The maximum atomic E-state index is 11.8. The highest BCUT2D eigenvalue weighted by atomic mass is 32.1. The van der Waals surface area contributed by atoms with E-state index in [0.29, 0.717) is 30.1 Å². The smallest absolute Gasteiger partial charge is 0.295 e. The largest absolute Gasteiger partial charge is 0.399 e. The number of benzene rings is 1. The Morgan fingerprint density at radius 1 is 1.56 bits per heavy atom. The van der Waals surface area contributed by atoms with E-state index in [2.05, 4.69) is 12.6 Å². The van der Waals surface area contributed by atoms with E-state index in [9.17, 15) is 14.9 Å². The number of carbonyl (C=O) groups is 1. The lowest BCUT2D eigenvalue weighted by Gasteiger charge is -2.16. The monoisotopic (exact) mass is 267 g/mol. The van der Waals surface area contributed by atoms with Crippen molar-refractivity contribution in [2.45, 2.75) is 6.42 Å². The van der Waals surface area contributed by atoms with Crippen LogP contribution in [0.4, 0.5) is 17.1 Å². The highest BCUT2D eigenvalue weighted by Gasteiger charge is 2.33. The maximum Gasteiger partial charge on any atom is 0.295 e. The van der Waals surface area contributed by atoms with Gasteiger partial charge in [0.1, 0.15) is 5.69 Å². The molecule has 1 aliphatic rings. The standard InChI is InChI=1S/C11H13N3O3S/c12-8-1-2-9(10(4-8)14(16)17)13-5-7(6-18)3-11(13)15/h1-2,4,7,18H,3,5-6,12H2. The van der Waals surface area contributed by atoms with Crippen LogP contribution in [0.1, 0.15) is 6.42 Å².